The van der Waals surface area contributed by atoms with Crippen molar-refractivity contribution in [3.63, 3.8) is 0 Å². The van der Waals surface area contributed by atoms with Crippen LogP contribution in [-0.2, 0) is 6.42 Å². The molecule has 102 valence electrons. The van der Waals surface area contributed by atoms with E-state index in [1.807, 2.05) is 12.1 Å². The van der Waals surface area contributed by atoms with Crippen molar-refractivity contribution in [3.05, 3.63) is 60.1 Å². The molecule has 1 aromatic heterocycles. The summed E-state index contributed by atoms with van der Waals surface area (Å²) in [5.74, 6) is 1.90. The van der Waals surface area contributed by atoms with E-state index >= 15 is 0 Å². The van der Waals surface area contributed by atoms with Crippen molar-refractivity contribution in [1.29, 1.82) is 0 Å². The van der Waals surface area contributed by atoms with Gasteiger partial charge in [0.05, 0.1) is 6.26 Å². The number of benzene rings is 1. The van der Waals surface area contributed by atoms with Gasteiger partial charge < -0.3 is 10.2 Å². The molecule has 2 heteroatoms. The molecule has 0 aliphatic rings. The molecule has 0 bridgehead atoms. The molecule has 2 N–H and O–H groups in total. The van der Waals surface area contributed by atoms with Gasteiger partial charge in [-0.3, -0.25) is 0 Å². The molecule has 2 aromatic rings. The lowest BCUT2D eigenvalue weighted by atomic mass is 9.79. The average molecular weight is 257 g/mol. The van der Waals surface area contributed by atoms with Crippen molar-refractivity contribution in [2.75, 3.05) is 0 Å². The Labute approximate surface area is 115 Å². The maximum absolute atomic E-state index is 6.46. The highest BCUT2D eigenvalue weighted by Crippen LogP contribution is 2.30. The van der Waals surface area contributed by atoms with Crippen molar-refractivity contribution in [2.45, 2.75) is 38.6 Å². The van der Waals surface area contributed by atoms with Gasteiger partial charge in [-0.2, -0.15) is 0 Å². The summed E-state index contributed by atoms with van der Waals surface area (Å²) < 4.78 is 5.42. The van der Waals surface area contributed by atoms with Crippen molar-refractivity contribution in [3.8, 4) is 0 Å². The maximum atomic E-state index is 6.46. The van der Waals surface area contributed by atoms with Gasteiger partial charge in [-0.05, 0) is 23.6 Å². The van der Waals surface area contributed by atoms with E-state index in [9.17, 15) is 0 Å². The summed E-state index contributed by atoms with van der Waals surface area (Å²) in [5, 5.41) is 0. The summed E-state index contributed by atoms with van der Waals surface area (Å²) in [6.07, 6.45) is 3.63. The first-order chi connectivity index (χ1) is 9.22. The lowest BCUT2D eigenvalue weighted by Gasteiger charge is -2.29. The Morgan fingerprint density at radius 3 is 2.42 bits per heavy atom. The largest absolute Gasteiger partial charge is 0.469 e. The van der Waals surface area contributed by atoms with Crippen LogP contribution in [0.4, 0.5) is 0 Å². The quantitative estimate of drug-likeness (QED) is 0.850. The molecule has 0 saturated carbocycles. The highest BCUT2D eigenvalue weighted by atomic mass is 16.3. The third-order valence-electron chi connectivity index (χ3n) is 3.92. The smallest absolute Gasteiger partial charge is 0.105 e. The van der Waals surface area contributed by atoms with Crippen LogP contribution in [0.2, 0.25) is 0 Å². The lowest BCUT2D eigenvalue weighted by Crippen LogP contribution is -2.34. The summed E-state index contributed by atoms with van der Waals surface area (Å²) in [7, 11) is 0. The van der Waals surface area contributed by atoms with Crippen LogP contribution in [0.5, 0.6) is 0 Å². The molecule has 0 radical (unpaired) electrons. The second-order valence-corrected chi connectivity index (χ2v) is 5.27. The fourth-order valence-electron chi connectivity index (χ4n) is 2.71. The van der Waals surface area contributed by atoms with Gasteiger partial charge in [-0.15, -0.1) is 0 Å². The summed E-state index contributed by atoms with van der Waals surface area (Å²) >= 11 is 0. The van der Waals surface area contributed by atoms with Crippen LogP contribution in [0.1, 0.15) is 37.5 Å². The Bertz CT molecular complexity index is 463. The van der Waals surface area contributed by atoms with Gasteiger partial charge in [0, 0.05) is 18.4 Å². The van der Waals surface area contributed by atoms with Crippen LogP contribution in [0.25, 0.3) is 0 Å². The Balaban J connectivity index is 2.18. The monoisotopic (exact) mass is 257 g/mol. The first-order valence-corrected chi connectivity index (χ1v) is 7.05. The van der Waals surface area contributed by atoms with Gasteiger partial charge in [-0.1, -0.05) is 50.6 Å². The van der Waals surface area contributed by atoms with Gasteiger partial charge in [0.25, 0.3) is 0 Å². The van der Waals surface area contributed by atoms with E-state index < -0.39 is 0 Å². The molecule has 0 aliphatic heterocycles. The van der Waals surface area contributed by atoms with Crippen LogP contribution in [-0.4, -0.2) is 6.04 Å². The first-order valence-electron chi connectivity index (χ1n) is 7.05. The van der Waals surface area contributed by atoms with E-state index in [2.05, 4.69) is 44.2 Å². The SMILES string of the molecule is CCC(C)C(c1ccccc1)C(N)Cc1ccco1. The molecule has 19 heavy (non-hydrogen) atoms. The molecule has 2 rings (SSSR count). The van der Waals surface area contributed by atoms with Crippen LogP contribution in [0.3, 0.4) is 0 Å². The topological polar surface area (TPSA) is 39.2 Å². The van der Waals surface area contributed by atoms with E-state index in [1.54, 1.807) is 6.26 Å². The molecule has 0 amide bonds. The van der Waals surface area contributed by atoms with Gasteiger partial charge >= 0.3 is 0 Å². The minimum absolute atomic E-state index is 0.0866. The van der Waals surface area contributed by atoms with Crippen LogP contribution >= 0.6 is 0 Å². The molecular formula is C17H23NO. The third kappa shape index (κ3) is 3.48. The predicted molar refractivity (Wildman–Crippen MR) is 79.0 cm³/mol. The van der Waals surface area contributed by atoms with Gasteiger partial charge in [0.1, 0.15) is 5.76 Å². The lowest BCUT2D eigenvalue weighted by molar-refractivity contribution is 0.363. The molecule has 1 aromatic carbocycles. The maximum Gasteiger partial charge on any atom is 0.105 e. The minimum Gasteiger partial charge on any atom is -0.469 e. The molecule has 0 aliphatic carbocycles. The van der Waals surface area contributed by atoms with E-state index in [0.717, 1.165) is 18.6 Å². The second kappa shape index (κ2) is 6.58. The molecule has 3 atom stereocenters. The highest BCUT2D eigenvalue weighted by Gasteiger charge is 2.25. The molecule has 2 nitrogen and oxygen atoms in total. The molecule has 0 spiro atoms. The number of nitrogens with two attached hydrogens (primary N) is 1. The van der Waals surface area contributed by atoms with E-state index in [0.29, 0.717) is 11.8 Å². The molecule has 0 fully saturated rings. The van der Waals surface area contributed by atoms with Gasteiger partial charge in [0.15, 0.2) is 0 Å². The highest BCUT2D eigenvalue weighted by molar-refractivity contribution is 5.22. The summed E-state index contributed by atoms with van der Waals surface area (Å²) in [4.78, 5) is 0. The van der Waals surface area contributed by atoms with Crippen LogP contribution in [0, 0.1) is 5.92 Å². The van der Waals surface area contributed by atoms with Gasteiger partial charge in [-0.25, -0.2) is 0 Å². The van der Waals surface area contributed by atoms with E-state index in [4.69, 9.17) is 10.2 Å². The molecule has 0 saturated heterocycles. The van der Waals surface area contributed by atoms with Crippen molar-refractivity contribution >= 4 is 0 Å². The van der Waals surface area contributed by atoms with Crippen LogP contribution in [0.15, 0.2) is 53.1 Å². The van der Waals surface area contributed by atoms with E-state index in [1.165, 1.54) is 5.56 Å². The molecule has 3 unspecified atom stereocenters. The standard InChI is InChI=1S/C17H23NO/c1-3-13(2)17(14-8-5-4-6-9-14)16(18)12-15-10-7-11-19-15/h4-11,13,16-17H,3,12,18H2,1-2H3. The van der Waals surface area contributed by atoms with E-state index in [-0.39, 0.29) is 6.04 Å². The zero-order valence-corrected chi connectivity index (χ0v) is 11.8. The predicted octanol–water partition coefficient (Wildman–Crippen LogP) is 3.98. The first kappa shape index (κ1) is 13.9. The van der Waals surface area contributed by atoms with Crippen LogP contribution < -0.4 is 5.73 Å². The Kier molecular flexibility index (Phi) is 4.80. The average Bonchev–Trinajstić information content (AvgIpc) is 2.93. The number of rotatable bonds is 6. The number of furan rings is 1. The van der Waals surface area contributed by atoms with Crippen molar-refractivity contribution < 1.29 is 4.42 Å². The Morgan fingerprint density at radius 2 is 1.84 bits per heavy atom. The zero-order valence-electron chi connectivity index (χ0n) is 11.8. The van der Waals surface area contributed by atoms with Gasteiger partial charge in [0.2, 0.25) is 0 Å². The Hall–Kier alpha value is -1.54. The minimum atomic E-state index is 0.0866. The molecular weight excluding hydrogens is 234 g/mol. The number of hydrogen-bond acceptors (Lipinski definition) is 2. The second-order valence-electron chi connectivity index (χ2n) is 5.27. The van der Waals surface area contributed by atoms with Crippen molar-refractivity contribution in [1.82, 2.24) is 0 Å². The molecule has 1 heterocycles. The number of hydrogen-bond donors (Lipinski definition) is 1. The normalized spacial score (nSPS) is 15.9. The van der Waals surface area contributed by atoms with Crippen molar-refractivity contribution in [2.24, 2.45) is 11.7 Å². The zero-order chi connectivity index (χ0) is 13.7. The fourth-order valence-corrected chi connectivity index (χ4v) is 2.71. The summed E-state index contributed by atoms with van der Waals surface area (Å²) in [6.45, 7) is 4.50. The summed E-state index contributed by atoms with van der Waals surface area (Å²) in [6, 6.07) is 14.6. The third-order valence-corrected chi connectivity index (χ3v) is 3.92. The fraction of sp³-hybridized carbons (Fsp3) is 0.412. The summed E-state index contributed by atoms with van der Waals surface area (Å²) in [5.41, 5.74) is 7.79. The Morgan fingerprint density at radius 1 is 1.11 bits per heavy atom.